The maximum absolute atomic E-state index is 13.8. The third-order valence-electron chi connectivity index (χ3n) is 3.45. The monoisotopic (exact) mass is 306 g/mol. The van der Waals surface area contributed by atoms with Gasteiger partial charge >= 0.3 is 0 Å². The molecule has 1 unspecified atom stereocenters. The smallest absolute Gasteiger partial charge is 0.257 e. The molecule has 2 N–H and O–H groups in total. The average molecular weight is 307 g/mol. The van der Waals surface area contributed by atoms with E-state index >= 15 is 0 Å². The molecule has 3 nitrogen and oxygen atoms in total. The third kappa shape index (κ3) is 3.34. The second-order valence-corrected chi connectivity index (χ2v) is 5.32. The molecule has 0 spiro atoms. The van der Waals surface area contributed by atoms with Gasteiger partial charge in [-0.05, 0) is 42.8 Å². The van der Waals surface area contributed by atoms with Crippen molar-refractivity contribution in [1.82, 2.24) is 4.90 Å². The van der Waals surface area contributed by atoms with E-state index in [4.69, 9.17) is 17.3 Å². The van der Waals surface area contributed by atoms with E-state index in [0.29, 0.717) is 10.7 Å². The van der Waals surface area contributed by atoms with Crippen LogP contribution in [-0.2, 0) is 0 Å². The predicted molar refractivity (Wildman–Crippen MR) is 82.8 cm³/mol. The summed E-state index contributed by atoms with van der Waals surface area (Å²) in [4.78, 5) is 13.9. The quantitative estimate of drug-likeness (QED) is 0.874. The van der Waals surface area contributed by atoms with Crippen molar-refractivity contribution < 1.29 is 9.18 Å². The van der Waals surface area contributed by atoms with Gasteiger partial charge in [0.05, 0.1) is 11.6 Å². The lowest BCUT2D eigenvalue weighted by Gasteiger charge is -2.26. The van der Waals surface area contributed by atoms with Crippen molar-refractivity contribution in [2.45, 2.75) is 13.0 Å². The number of hydrogen-bond acceptors (Lipinski definition) is 2. The van der Waals surface area contributed by atoms with Gasteiger partial charge in [0.2, 0.25) is 0 Å². The van der Waals surface area contributed by atoms with Gasteiger partial charge in [-0.25, -0.2) is 4.39 Å². The zero-order valence-electron chi connectivity index (χ0n) is 11.8. The third-order valence-corrected chi connectivity index (χ3v) is 3.69. The molecule has 110 valence electrons. The molecule has 0 aliphatic rings. The molecular weight excluding hydrogens is 291 g/mol. The minimum Gasteiger partial charge on any atom is -0.399 e. The molecule has 0 saturated heterocycles. The van der Waals surface area contributed by atoms with Crippen LogP contribution in [0.15, 0.2) is 42.5 Å². The van der Waals surface area contributed by atoms with Gasteiger partial charge in [-0.1, -0.05) is 23.7 Å². The van der Waals surface area contributed by atoms with Crippen LogP contribution in [0.1, 0.15) is 28.9 Å². The fourth-order valence-corrected chi connectivity index (χ4v) is 2.24. The molecule has 1 amide bonds. The first-order valence-corrected chi connectivity index (χ1v) is 6.85. The van der Waals surface area contributed by atoms with Crippen LogP contribution >= 0.6 is 11.6 Å². The number of carbonyl (C=O) groups excluding carboxylic acids is 1. The van der Waals surface area contributed by atoms with E-state index in [2.05, 4.69) is 0 Å². The number of anilines is 1. The van der Waals surface area contributed by atoms with E-state index in [1.165, 1.54) is 23.1 Å². The van der Waals surface area contributed by atoms with Gasteiger partial charge in [-0.15, -0.1) is 0 Å². The molecule has 21 heavy (non-hydrogen) atoms. The number of carbonyl (C=O) groups is 1. The number of nitrogen functional groups attached to an aromatic ring is 1. The number of halogens is 2. The van der Waals surface area contributed by atoms with Crippen molar-refractivity contribution in [3.05, 3.63) is 64.4 Å². The Morgan fingerprint density at radius 2 is 2.00 bits per heavy atom. The van der Waals surface area contributed by atoms with Crippen molar-refractivity contribution >= 4 is 23.2 Å². The standard InChI is InChI=1S/C16H16ClFN2O/c1-10(11-4-3-5-13(19)8-11)20(2)16(21)14-9-12(17)6-7-15(14)18/h3-10H,19H2,1-2H3. The Bertz CT molecular complexity index is 675. The van der Waals surface area contributed by atoms with Gasteiger partial charge in [0, 0.05) is 17.8 Å². The summed E-state index contributed by atoms with van der Waals surface area (Å²) in [6.07, 6.45) is 0. The lowest BCUT2D eigenvalue weighted by atomic mass is 10.1. The Labute approximate surface area is 128 Å². The number of amides is 1. The van der Waals surface area contributed by atoms with Crippen molar-refractivity contribution in [3.63, 3.8) is 0 Å². The summed E-state index contributed by atoms with van der Waals surface area (Å²) in [5, 5.41) is 0.324. The largest absolute Gasteiger partial charge is 0.399 e. The van der Waals surface area contributed by atoms with Crippen LogP contribution in [0, 0.1) is 5.82 Å². The summed E-state index contributed by atoms with van der Waals surface area (Å²) in [5.41, 5.74) is 7.21. The highest BCUT2D eigenvalue weighted by Gasteiger charge is 2.21. The molecular formula is C16H16ClFN2O. The first kappa shape index (κ1) is 15.3. The number of nitrogens with zero attached hydrogens (tertiary/aromatic N) is 1. The van der Waals surface area contributed by atoms with Crippen molar-refractivity contribution in [1.29, 1.82) is 0 Å². The van der Waals surface area contributed by atoms with E-state index in [0.717, 1.165) is 5.56 Å². The molecule has 0 bridgehead atoms. The van der Waals surface area contributed by atoms with Crippen molar-refractivity contribution in [2.75, 3.05) is 12.8 Å². The summed E-state index contributed by atoms with van der Waals surface area (Å²) in [5.74, 6) is -1.01. The van der Waals surface area contributed by atoms with Crippen LogP contribution in [0.3, 0.4) is 0 Å². The Morgan fingerprint density at radius 1 is 1.29 bits per heavy atom. The number of benzene rings is 2. The summed E-state index contributed by atoms with van der Waals surface area (Å²) >= 11 is 5.83. The molecule has 1 atom stereocenters. The molecule has 0 aliphatic heterocycles. The summed E-state index contributed by atoms with van der Waals surface area (Å²) in [6, 6.07) is 11.0. The van der Waals surface area contributed by atoms with Crippen LogP contribution in [0.5, 0.6) is 0 Å². The normalized spacial score (nSPS) is 12.0. The topological polar surface area (TPSA) is 46.3 Å². The van der Waals surface area contributed by atoms with Gasteiger partial charge in [0.25, 0.3) is 5.91 Å². The van der Waals surface area contributed by atoms with Crippen LogP contribution in [0.4, 0.5) is 10.1 Å². The summed E-state index contributed by atoms with van der Waals surface area (Å²) < 4.78 is 13.8. The van der Waals surface area contributed by atoms with E-state index in [1.54, 1.807) is 19.2 Å². The first-order valence-electron chi connectivity index (χ1n) is 6.48. The van der Waals surface area contributed by atoms with Gasteiger partial charge in [-0.3, -0.25) is 4.79 Å². The molecule has 0 radical (unpaired) electrons. The highest BCUT2D eigenvalue weighted by atomic mass is 35.5. The first-order chi connectivity index (χ1) is 9.90. The van der Waals surface area contributed by atoms with E-state index in [1.807, 2.05) is 19.1 Å². The molecule has 0 saturated carbocycles. The summed E-state index contributed by atoms with van der Waals surface area (Å²) in [7, 11) is 1.62. The zero-order chi connectivity index (χ0) is 15.6. The molecule has 0 aliphatic carbocycles. The van der Waals surface area contributed by atoms with Gasteiger partial charge < -0.3 is 10.6 Å². The molecule has 5 heteroatoms. The Hall–Kier alpha value is -2.07. The molecule has 2 aromatic rings. The second kappa shape index (κ2) is 6.14. The maximum atomic E-state index is 13.8. The van der Waals surface area contributed by atoms with E-state index in [-0.39, 0.29) is 11.6 Å². The Kier molecular flexibility index (Phi) is 4.48. The van der Waals surface area contributed by atoms with E-state index < -0.39 is 11.7 Å². The predicted octanol–water partition coefficient (Wildman–Crippen LogP) is 3.89. The maximum Gasteiger partial charge on any atom is 0.257 e. The van der Waals surface area contributed by atoms with Crippen LogP contribution in [-0.4, -0.2) is 17.9 Å². The fourth-order valence-electron chi connectivity index (χ4n) is 2.07. The minimum absolute atomic E-state index is 0.0410. The van der Waals surface area contributed by atoms with Gasteiger partial charge in [0.1, 0.15) is 5.82 Å². The molecule has 0 fully saturated rings. The van der Waals surface area contributed by atoms with Gasteiger partial charge in [0.15, 0.2) is 0 Å². The van der Waals surface area contributed by atoms with Crippen molar-refractivity contribution in [3.8, 4) is 0 Å². The molecule has 2 aromatic carbocycles. The average Bonchev–Trinajstić information content (AvgIpc) is 2.47. The van der Waals surface area contributed by atoms with Crippen LogP contribution in [0.2, 0.25) is 5.02 Å². The molecule has 2 rings (SSSR count). The van der Waals surface area contributed by atoms with Crippen LogP contribution < -0.4 is 5.73 Å². The SMILES string of the molecule is CC(c1cccc(N)c1)N(C)C(=O)c1cc(Cl)ccc1F. The Balaban J connectivity index is 2.28. The van der Waals surface area contributed by atoms with Gasteiger partial charge in [-0.2, -0.15) is 0 Å². The zero-order valence-corrected chi connectivity index (χ0v) is 12.6. The lowest BCUT2D eigenvalue weighted by molar-refractivity contribution is 0.0738. The Morgan fingerprint density at radius 3 is 2.67 bits per heavy atom. The van der Waals surface area contributed by atoms with E-state index in [9.17, 15) is 9.18 Å². The van der Waals surface area contributed by atoms with Crippen molar-refractivity contribution in [2.24, 2.45) is 0 Å². The number of hydrogen-bond donors (Lipinski definition) is 1. The molecule has 0 aromatic heterocycles. The second-order valence-electron chi connectivity index (χ2n) is 4.89. The lowest BCUT2D eigenvalue weighted by Crippen LogP contribution is -2.30. The highest BCUT2D eigenvalue weighted by Crippen LogP contribution is 2.24. The number of nitrogens with two attached hydrogens (primary N) is 1. The molecule has 0 heterocycles. The minimum atomic E-state index is -0.587. The summed E-state index contributed by atoms with van der Waals surface area (Å²) in [6.45, 7) is 1.86. The fraction of sp³-hybridized carbons (Fsp3) is 0.188. The number of rotatable bonds is 3. The highest BCUT2D eigenvalue weighted by molar-refractivity contribution is 6.31. The van der Waals surface area contributed by atoms with Crippen LogP contribution in [0.25, 0.3) is 0 Å².